The van der Waals surface area contributed by atoms with Crippen molar-refractivity contribution in [2.75, 3.05) is 21.3 Å². The lowest BCUT2D eigenvalue weighted by Gasteiger charge is -2.08. The summed E-state index contributed by atoms with van der Waals surface area (Å²) in [5, 5.41) is 9.26. The second-order valence-corrected chi connectivity index (χ2v) is 9.78. The first-order valence-electron chi connectivity index (χ1n) is 10.1. The van der Waals surface area contributed by atoms with E-state index in [4.69, 9.17) is 14.2 Å². The molecule has 0 atom stereocenters. The molecule has 3 rings (SSSR count). The fourth-order valence-corrected chi connectivity index (χ4v) is 5.01. The molecular weight excluding hydrogens is 648 g/mol. The van der Waals surface area contributed by atoms with Gasteiger partial charge in [0.2, 0.25) is 0 Å². The van der Waals surface area contributed by atoms with Gasteiger partial charge in [-0.3, -0.25) is 9.59 Å². The molecule has 0 saturated heterocycles. The third-order valence-electron chi connectivity index (χ3n) is 4.65. The van der Waals surface area contributed by atoms with Gasteiger partial charge in [-0.25, -0.2) is 0 Å². The summed E-state index contributed by atoms with van der Waals surface area (Å²) in [6, 6.07) is 10.5. The quantitative estimate of drug-likeness (QED) is 0.281. The molecule has 0 aliphatic carbocycles. The molecule has 3 aromatic rings. The maximum atomic E-state index is 10.4. The summed E-state index contributed by atoms with van der Waals surface area (Å²) in [6.07, 6.45) is 1.56. The maximum absolute atomic E-state index is 10.4. The van der Waals surface area contributed by atoms with Gasteiger partial charge in [0.25, 0.3) is 0 Å². The Labute approximate surface area is 231 Å². The summed E-state index contributed by atoms with van der Waals surface area (Å²) in [5.41, 5.74) is 3.92. The van der Waals surface area contributed by atoms with Gasteiger partial charge in [-0.15, -0.1) is 0 Å². The highest BCUT2D eigenvalue weighted by molar-refractivity contribution is 9.11. The second kappa shape index (κ2) is 14.9. The minimum absolute atomic E-state index is 0.190. The summed E-state index contributed by atoms with van der Waals surface area (Å²) in [6.45, 7) is 5.62. The zero-order chi connectivity index (χ0) is 26.7. The average molecular weight is 675 g/mol. The predicted octanol–water partition coefficient (Wildman–Crippen LogP) is 7.63. The number of aldehydes is 2. The second-order valence-electron chi connectivity index (χ2n) is 7.22. The van der Waals surface area contributed by atoms with Gasteiger partial charge in [0, 0.05) is 11.1 Å². The normalized spacial score (nSPS) is 9.63. The largest absolute Gasteiger partial charge is 0.506 e. The van der Waals surface area contributed by atoms with Crippen LogP contribution in [-0.2, 0) is 0 Å². The molecule has 0 aliphatic heterocycles. The molecule has 0 amide bonds. The minimum Gasteiger partial charge on any atom is -0.506 e. The van der Waals surface area contributed by atoms with E-state index in [1.165, 1.54) is 0 Å². The number of carbonyl (C=O) groups excluding carboxylic acids is 2. The third kappa shape index (κ3) is 8.98. The zero-order valence-electron chi connectivity index (χ0n) is 20.2. The number of phenolic OH excluding ortho intramolecular Hbond substituents is 1. The number of carbonyl (C=O) groups is 2. The highest BCUT2D eigenvalue weighted by Gasteiger charge is 2.06. The highest BCUT2D eigenvalue weighted by Crippen LogP contribution is 2.33. The van der Waals surface area contributed by atoms with Gasteiger partial charge in [0.05, 0.1) is 34.7 Å². The number of benzene rings is 3. The van der Waals surface area contributed by atoms with Crippen molar-refractivity contribution in [2.24, 2.45) is 0 Å². The lowest BCUT2D eigenvalue weighted by atomic mass is 10.1. The van der Waals surface area contributed by atoms with E-state index < -0.39 is 0 Å². The van der Waals surface area contributed by atoms with Crippen LogP contribution in [-0.4, -0.2) is 39.0 Å². The number of hydrogen-bond donors (Lipinski definition) is 1. The molecule has 0 heterocycles. The summed E-state index contributed by atoms with van der Waals surface area (Å²) < 4.78 is 17.7. The number of aromatic hydroxyl groups is 1. The molecule has 9 heteroatoms. The van der Waals surface area contributed by atoms with Gasteiger partial charge in [0.1, 0.15) is 35.6 Å². The van der Waals surface area contributed by atoms with Crippen LogP contribution in [0.5, 0.6) is 23.0 Å². The van der Waals surface area contributed by atoms with Gasteiger partial charge in [0.15, 0.2) is 0 Å². The van der Waals surface area contributed by atoms with E-state index in [0.717, 1.165) is 49.9 Å². The fourth-order valence-electron chi connectivity index (χ4n) is 2.99. The Morgan fingerprint density at radius 3 is 1.43 bits per heavy atom. The number of hydrogen-bond acceptors (Lipinski definition) is 6. The Morgan fingerprint density at radius 1 is 0.629 bits per heavy atom. The Kier molecular flexibility index (Phi) is 13.1. The monoisotopic (exact) mass is 672 g/mol. The van der Waals surface area contributed by atoms with E-state index in [2.05, 4.69) is 47.8 Å². The SMILES string of the molecule is COc1c(C)cc(C=O)cc1Br.COc1cc(C)c(OC)c(Br)c1.Cc1cc(C=O)cc(Br)c1O. The minimum atomic E-state index is 0.190. The van der Waals surface area contributed by atoms with Gasteiger partial charge in [-0.2, -0.15) is 0 Å². The Hall–Kier alpha value is -2.36. The number of phenols is 1. The van der Waals surface area contributed by atoms with Crippen LogP contribution in [0.3, 0.4) is 0 Å². The molecule has 0 radical (unpaired) electrons. The first-order valence-corrected chi connectivity index (χ1v) is 12.5. The molecule has 0 fully saturated rings. The highest BCUT2D eigenvalue weighted by atomic mass is 79.9. The molecule has 188 valence electrons. The number of ether oxygens (including phenoxy) is 3. The Morgan fingerprint density at radius 2 is 1.06 bits per heavy atom. The van der Waals surface area contributed by atoms with Crippen molar-refractivity contribution in [2.45, 2.75) is 20.8 Å². The van der Waals surface area contributed by atoms with Crippen LogP contribution in [0.15, 0.2) is 49.8 Å². The molecule has 0 bridgehead atoms. The van der Waals surface area contributed by atoms with Crippen molar-refractivity contribution >= 4 is 60.4 Å². The first kappa shape index (κ1) is 30.7. The summed E-state index contributed by atoms with van der Waals surface area (Å²) in [4.78, 5) is 20.8. The first-order chi connectivity index (χ1) is 16.5. The van der Waals surface area contributed by atoms with Gasteiger partial charge < -0.3 is 19.3 Å². The van der Waals surface area contributed by atoms with Crippen LogP contribution in [0.1, 0.15) is 37.4 Å². The van der Waals surface area contributed by atoms with Crippen LogP contribution >= 0.6 is 47.8 Å². The van der Waals surface area contributed by atoms with Crippen LogP contribution in [0, 0.1) is 20.8 Å². The van der Waals surface area contributed by atoms with Gasteiger partial charge in [-0.1, -0.05) is 0 Å². The Bertz CT molecular complexity index is 1110. The van der Waals surface area contributed by atoms with Crippen LogP contribution < -0.4 is 14.2 Å². The predicted molar refractivity (Wildman–Crippen MR) is 149 cm³/mol. The zero-order valence-corrected chi connectivity index (χ0v) is 25.0. The van der Waals surface area contributed by atoms with E-state index >= 15 is 0 Å². The van der Waals surface area contributed by atoms with E-state index in [-0.39, 0.29) is 5.75 Å². The lowest BCUT2D eigenvalue weighted by molar-refractivity contribution is 0.111. The number of aryl methyl sites for hydroxylation is 3. The molecule has 3 aromatic carbocycles. The number of rotatable bonds is 5. The van der Waals surface area contributed by atoms with Crippen molar-refractivity contribution in [3.8, 4) is 23.0 Å². The van der Waals surface area contributed by atoms with Crippen molar-refractivity contribution in [3.05, 3.63) is 77.6 Å². The molecule has 1 N–H and O–H groups in total. The third-order valence-corrected chi connectivity index (χ3v) is 6.43. The molecule has 0 unspecified atom stereocenters. The van der Waals surface area contributed by atoms with E-state index in [1.807, 2.05) is 26.0 Å². The summed E-state index contributed by atoms with van der Waals surface area (Å²) >= 11 is 9.84. The van der Waals surface area contributed by atoms with E-state index in [9.17, 15) is 14.7 Å². The molecular formula is C26H27Br3O6. The molecule has 0 saturated carbocycles. The van der Waals surface area contributed by atoms with E-state index in [0.29, 0.717) is 21.2 Å². The summed E-state index contributed by atoms with van der Waals surface area (Å²) in [7, 11) is 4.90. The molecule has 35 heavy (non-hydrogen) atoms. The molecule has 0 spiro atoms. The Balaban J connectivity index is 0.000000263. The van der Waals surface area contributed by atoms with Gasteiger partial charge in [-0.05, 0) is 122 Å². The van der Waals surface area contributed by atoms with E-state index in [1.54, 1.807) is 52.5 Å². The molecule has 0 aromatic heterocycles. The van der Waals surface area contributed by atoms with Crippen molar-refractivity contribution in [3.63, 3.8) is 0 Å². The van der Waals surface area contributed by atoms with Crippen LogP contribution in [0.4, 0.5) is 0 Å². The van der Waals surface area contributed by atoms with Crippen molar-refractivity contribution in [1.29, 1.82) is 0 Å². The van der Waals surface area contributed by atoms with Crippen molar-refractivity contribution < 1.29 is 28.9 Å². The lowest BCUT2D eigenvalue weighted by Crippen LogP contribution is -1.90. The topological polar surface area (TPSA) is 82.1 Å². The van der Waals surface area contributed by atoms with Crippen molar-refractivity contribution in [1.82, 2.24) is 0 Å². The molecule has 0 aliphatic rings. The van der Waals surface area contributed by atoms with Gasteiger partial charge >= 0.3 is 0 Å². The smallest absolute Gasteiger partial charge is 0.150 e. The number of methoxy groups -OCH3 is 3. The van der Waals surface area contributed by atoms with Crippen LogP contribution in [0.2, 0.25) is 0 Å². The maximum Gasteiger partial charge on any atom is 0.150 e. The standard InChI is InChI=1S/C9H11BrO2.C9H9BrO2.C8H7BrO2/c1-6-4-7(11-2)5-8(10)9(6)12-3;1-6-3-7(5-11)4-8(10)9(6)12-2;1-5-2-6(4-10)3-7(9)8(5)11/h4-5H,1-3H3;3-5H,1-2H3;2-4,11H,1H3. The van der Waals surface area contributed by atoms with Crippen LogP contribution in [0.25, 0.3) is 0 Å². The molecule has 6 nitrogen and oxygen atoms in total. The summed E-state index contributed by atoms with van der Waals surface area (Å²) in [5.74, 6) is 2.66. The number of halogens is 3. The average Bonchev–Trinajstić information content (AvgIpc) is 2.82. The fraction of sp³-hybridized carbons (Fsp3) is 0.231.